The fraction of sp³-hybridized carbons (Fsp3) is 0.833. The lowest BCUT2D eigenvalue weighted by Gasteiger charge is -2.17. The van der Waals surface area contributed by atoms with Crippen LogP contribution in [0.15, 0.2) is 0 Å². The van der Waals surface area contributed by atoms with Gasteiger partial charge in [0.25, 0.3) is 0 Å². The summed E-state index contributed by atoms with van der Waals surface area (Å²) in [6.07, 6.45) is 1.79. The molecule has 0 heterocycles. The van der Waals surface area contributed by atoms with Crippen molar-refractivity contribution in [3.05, 3.63) is 0 Å². The smallest absolute Gasteiger partial charge is 0.239 e. The number of nitrogens with zero attached hydrogens (tertiary/aromatic N) is 1. The molecule has 0 aliphatic rings. The van der Waals surface area contributed by atoms with Crippen molar-refractivity contribution in [2.24, 2.45) is 5.73 Å². The third-order valence-corrected chi connectivity index (χ3v) is 2.47. The Balaban J connectivity index is 3.74. The molecule has 0 bridgehead atoms. The van der Waals surface area contributed by atoms with E-state index in [-0.39, 0.29) is 24.4 Å². The molecule has 1 unspecified atom stereocenters. The van der Waals surface area contributed by atoms with E-state index in [1.54, 1.807) is 14.2 Å². The molecule has 106 valence electrons. The Morgan fingerprint density at radius 2 is 2.11 bits per heavy atom. The van der Waals surface area contributed by atoms with Gasteiger partial charge in [-0.1, -0.05) is 0 Å². The standard InChI is InChI=1S/C12H25N3O3/c1-10(13)5-6-12(17)15(2)9-11(16)14-7-4-8-18-3/h10H,4-9,13H2,1-3H3,(H,14,16). The summed E-state index contributed by atoms with van der Waals surface area (Å²) in [6.45, 7) is 3.12. The van der Waals surface area contributed by atoms with Crippen LogP contribution < -0.4 is 11.1 Å². The fourth-order valence-electron chi connectivity index (χ4n) is 1.35. The highest BCUT2D eigenvalue weighted by atomic mass is 16.5. The summed E-state index contributed by atoms with van der Waals surface area (Å²) in [7, 11) is 3.24. The van der Waals surface area contributed by atoms with Gasteiger partial charge in [0.15, 0.2) is 0 Å². The Morgan fingerprint density at radius 3 is 2.67 bits per heavy atom. The van der Waals surface area contributed by atoms with Crippen molar-refractivity contribution in [2.45, 2.75) is 32.2 Å². The topological polar surface area (TPSA) is 84.7 Å². The molecule has 2 amide bonds. The molecule has 0 radical (unpaired) electrons. The van der Waals surface area contributed by atoms with E-state index in [9.17, 15) is 9.59 Å². The highest BCUT2D eigenvalue weighted by Crippen LogP contribution is 1.98. The second-order valence-corrected chi connectivity index (χ2v) is 4.46. The predicted molar refractivity (Wildman–Crippen MR) is 70.0 cm³/mol. The van der Waals surface area contributed by atoms with Crippen LogP contribution in [0.4, 0.5) is 0 Å². The maximum Gasteiger partial charge on any atom is 0.239 e. The number of amides is 2. The number of hydrogen-bond acceptors (Lipinski definition) is 4. The van der Waals surface area contributed by atoms with E-state index >= 15 is 0 Å². The third kappa shape index (κ3) is 8.95. The Hall–Kier alpha value is -1.14. The van der Waals surface area contributed by atoms with Gasteiger partial charge in [-0.25, -0.2) is 0 Å². The van der Waals surface area contributed by atoms with Gasteiger partial charge in [-0.2, -0.15) is 0 Å². The van der Waals surface area contributed by atoms with Gasteiger partial charge >= 0.3 is 0 Å². The second-order valence-electron chi connectivity index (χ2n) is 4.46. The van der Waals surface area contributed by atoms with Crippen molar-refractivity contribution in [1.82, 2.24) is 10.2 Å². The molecule has 6 nitrogen and oxygen atoms in total. The van der Waals surface area contributed by atoms with Gasteiger partial charge in [0.1, 0.15) is 0 Å². The van der Waals surface area contributed by atoms with Gasteiger partial charge in [0.2, 0.25) is 11.8 Å². The minimum atomic E-state index is -0.150. The van der Waals surface area contributed by atoms with Crippen molar-refractivity contribution >= 4 is 11.8 Å². The zero-order valence-electron chi connectivity index (χ0n) is 11.6. The van der Waals surface area contributed by atoms with Gasteiger partial charge in [-0.15, -0.1) is 0 Å². The molecular formula is C12H25N3O3. The molecule has 0 aromatic carbocycles. The Labute approximate surface area is 109 Å². The van der Waals surface area contributed by atoms with Crippen LogP contribution >= 0.6 is 0 Å². The minimum absolute atomic E-state index is 0.00483. The van der Waals surface area contributed by atoms with Gasteiger partial charge in [0, 0.05) is 39.8 Å². The van der Waals surface area contributed by atoms with E-state index in [0.717, 1.165) is 6.42 Å². The number of rotatable bonds is 9. The average Bonchev–Trinajstić information content (AvgIpc) is 2.31. The van der Waals surface area contributed by atoms with Crippen molar-refractivity contribution in [3.63, 3.8) is 0 Å². The summed E-state index contributed by atoms with van der Waals surface area (Å²) < 4.78 is 4.87. The Bertz CT molecular complexity index is 257. The molecule has 0 saturated carbocycles. The maximum atomic E-state index is 11.6. The van der Waals surface area contributed by atoms with Gasteiger partial charge in [0.05, 0.1) is 6.54 Å². The zero-order valence-corrected chi connectivity index (χ0v) is 11.6. The summed E-state index contributed by atoms with van der Waals surface area (Å²) in [5.74, 6) is -0.206. The van der Waals surface area contributed by atoms with Crippen molar-refractivity contribution < 1.29 is 14.3 Å². The molecule has 3 N–H and O–H groups in total. The molecule has 0 spiro atoms. The zero-order chi connectivity index (χ0) is 14.0. The van der Waals surface area contributed by atoms with Crippen LogP contribution in [0.1, 0.15) is 26.2 Å². The number of nitrogens with two attached hydrogens (primary N) is 1. The summed E-state index contributed by atoms with van der Waals surface area (Å²) in [5.41, 5.74) is 5.57. The van der Waals surface area contributed by atoms with Gasteiger partial charge in [-0.05, 0) is 19.8 Å². The molecule has 0 aromatic rings. The van der Waals surface area contributed by atoms with E-state index < -0.39 is 0 Å². The predicted octanol–water partition coefficient (Wildman–Crippen LogP) is -0.275. The summed E-state index contributed by atoms with van der Waals surface area (Å²) >= 11 is 0. The van der Waals surface area contributed by atoms with Crippen LogP contribution in [0.2, 0.25) is 0 Å². The highest BCUT2D eigenvalue weighted by molar-refractivity contribution is 5.84. The van der Waals surface area contributed by atoms with E-state index in [0.29, 0.717) is 26.0 Å². The quantitative estimate of drug-likeness (QED) is 0.558. The van der Waals surface area contributed by atoms with Gasteiger partial charge in [-0.3, -0.25) is 9.59 Å². The number of hydrogen-bond donors (Lipinski definition) is 2. The van der Waals surface area contributed by atoms with Crippen LogP contribution in [-0.2, 0) is 14.3 Å². The SMILES string of the molecule is COCCCNC(=O)CN(C)C(=O)CCC(C)N. The first-order valence-corrected chi connectivity index (χ1v) is 6.22. The Morgan fingerprint density at radius 1 is 1.44 bits per heavy atom. The number of nitrogens with one attached hydrogen (secondary N) is 1. The van der Waals surface area contributed by atoms with Crippen LogP contribution in [-0.4, -0.2) is 56.6 Å². The number of likely N-dealkylation sites (N-methyl/N-ethyl adjacent to an activating group) is 1. The fourth-order valence-corrected chi connectivity index (χ4v) is 1.35. The molecule has 0 aliphatic carbocycles. The largest absolute Gasteiger partial charge is 0.385 e. The first-order chi connectivity index (χ1) is 8.47. The van der Waals surface area contributed by atoms with E-state index in [2.05, 4.69) is 5.32 Å². The second kappa shape index (κ2) is 9.85. The monoisotopic (exact) mass is 259 g/mol. The number of carbonyl (C=O) groups excluding carboxylic acids is 2. The molecule has 0 aliphatic heterocycles. The lowest BCUT2D eigenvalue weighted by Crippen LogP contribution is -2.39. The van der Waals surface area contributed by atoms with Gasteiger partial charge < -0.3 is 20.7 Å². The Kier molecular flexibility index (Phi) is 9.22. The summed E-state index contributed by atoms with van der Waals surface area (Å²) in [4.78, 5) is 24.5. The number of ether oxygens (including phenoxy) is 1. The van der Waals surface area contributed by atoms with Crippen molar-refractivity contribution in [2.75, 3.05) is 33.9 Å². The summed E-state index contributed by atoms with van der Waals surface area (Å²) in [5, 5.41) is 2.73. The average molecular weight is 259 g/mol. The molecule has 0 aromatic heterocycles. The van der Waals surface area contributed by atoms with Crippen molar-refractivity contribution in [3.8, 4) is 0 Å². The van der Waals surface area contributed by atoms with E-state index in [4.69, 9.17) is 10.5 Å². The molecule has 6 heteroatoms. The molecular weight excluding hydrogens is 234 g/mol. The molecule has 0 fully saturated rings. The number of carbonyl (C=O) groups is 2. The van der Waals surface area contributed by atoms with E-state index in [1.165, 1.54) is 4.90 Å². The van der Waals surface area contributed by atoms with Crippen LogP contribution in [0.5, 0.6) is 0 Å². The molecule has 1 atom stereocenters. The molecule has 0 rings (SSSR count). The molecule has 18 heavy (non-hydrogen) atoms. The van der Waals surface area contributed by atoms with Crippen LogP contribution in [0, 0.1) is 0 Å². The number of methoxy groups -OCH3 is 1. The lowest BCUT2D eigenvalue weighted by atomic mass is 10.2. The first kappa shape index (κ1) is 16.9. The van der Waals surface area contributed by atoms with Crippen molar-refractivity contribution in [1.29, 1.82) is 0 Å². The maximum absolute atomic E-state index is 11.6. The normalized spacial score (nSPS) is 12.0. The van der Waals surface area contributed by atoms with E-state index in [1.807, 2.05) is 6.92 Å². The minimum Gasteiger partial charge on any atom is -0.385 e. The first-order valence-electron chi connectivity index (χ1n) is 6.22. The summed E-state index contributed by atoms with van der Waals surface area (Å²) in [6, 6.07) is 0.00483. The molecule has 0 saturated heterocycles. The lowest BCUT2D eigenvalue weighted by molar-refractivity contribution is -0.134. The third-order valence-electron chi connectivity index (χ3n) is 2.47. The highest BCUT2D eigenvalue weighted by Gasteiger charge is 2.12. The van der Waals surface area contributed by atoms with Crippen LogP contribution in [0.25, 0.3) is 0 Å². The van der Waals surface area contributed by atoms with Crippen LogP contribution in [0.3, 0.4) is 0 Å².